The fourth-order valence-electron chi connectivity index (χ4n) is 6.57. The highest BCUT2D eigenvalue weighted by Crippen LogP contribution is 2.61. The van der Waals surface area contributed by atoms with Crippen molar-refractivity contribution in [3.63, 3.8) is 0 Å². The first kappa shape index (κ1) is 40.9. The molecule has 0 radical (unpaired) electrons. The second-order valence-corrected chi connectivity index (χ2v) is 11.7. The fourth-order valence-corrected chi connectivity index (χ4v) is 6.57. The van der Waals surface area contributed by atoms with Gasteiger partial charge in [-0.2, -0.15) is 94.8 Å². The van der Waals surface area contributed by atoms with Crippen LogP contribution in [0.25, 0.3) is 33.4 Å². The van der Waals surface area contributed by atoms with Crippen molar-refractivity contribution in [2.45, 2.75) is 24.7 Å². The molecular weight excluding hydrogens is 796 g/mol. The number of rotatable bonds is 2. The zero-order valence-electron chi connectivity index (χ0n) is 27.6. The first-order chi connectivity index (χ1) is 27.0. The van der Waals surface area contributed by atoms with E-state index in [1.807, 2.05) is 0 Å². The number of nitrogens with zero attached hydrogens (tertiary/aromatic N) is 8. The molecule has 0 bridgehead atoms. The average Bonchev–Trinajstić information content (AvgIpc) is 3.66. The van der Waals surface area contributed by atoms with Gasteiger partial charge in [0, 0.05) is 44.5 Å². The van der Waals surface area contributed by atoms with Gasteiger partial charge in [-0.3, -0.25) is 0 Å². The maximum atomic E-state index is 15.8. The molecule has 0 atom stereocenters. The second kappa shape index (κ2) is 13.8. The van der Waals surface area contributed by atoms with E-state index in [2.05, 4.69) is 0 Å². The van der Waals surface area contributed by atoms with Crippen LogP contribution < -0.4 is 0 Å². The second-order valence-electron chi connectivity index (χ2n) is 11.7. The van der Waals surface area contributed by atoms with Gasteiger partial charge < -0.3 is 0 Å². The lowest BCUT2D eigenvalue weighted by Crippen LogP contribution is -2.16. The predicted molar refractivity (Wildman–Crippen MR) is 170 cm³/mol. The van der Waals surface area contributed by atoms with Crippen molar-refractivity contribution in [2.24, 2.45) is 0 Å². The van der Waals surface area contributed by atoms with Gasteiger partial charge in [0.15, 0.2) is 0 Å². The van der Waals surface area contributed by atoms with Crippen molar-refractivity contribution in [1.29, 1.82) is 42.1 Å². The van der Waals surface area contributed by atoms with E-state index >= 15 is 13.2 Å². The third-order valence-corrected chi connectivity index (χ3v) is 8.62. The van der Waals surface area contributed by atoms with Gasteiger partial charge in [-0.1, -0.05) is 0 Å². The van der Waals surface area contributed by atoms with E-state index in [0.717, 1.165) is 12.1 Å². The van der Waals surface area contributed by atoms with Crippen LogP contribution in [-0.4, -0.2) is 0 Å². The maximum Gasteiger partial charge on any atom is 0.417 e. The summed E-state index contributed by atoms with van der Waals surface area (Å²) >= 11 is 0. The molecule has 0 N–H and O–H groups in total. The number of alkyl halides is 12. The zero-order chi connectivity index (χ0) is 43.4. The molecule has 0 saturated heterocycles. The molecule has 8 nitrogen and oxygen atoms in total. The first-order valence-electron chi connectivity index (χ1n) is 15.0. The third kappa shape index (κ3) is 6.38. The molecule has 0 heterocycles. The van der Waals surface area contributed by atoms with Crippen molar-refractivity contribution in [1.82, 2.24) is 0 Å². The molecule has 0 aromatic heterocycles. The topological polar surface area (TPSA) is 190 Å². The van der Waals surface area contributed by atoms with Gasteiger partial charge in [-0.25, -0.2) is 0 Å². The van der Waals surface area contributed by atoms with Crippen LogP contribution in [0.1, 0.15) is 66.8 Å². The normalized spacial score (nSPS) is 13.5. The van der Waals surface area contributed by atoms with Gasteiger partial charge >= 0.3 is 24.7 Å². The van der Waals surface area contributed by atoms with E-state index in [4.69, 9.17) is 0 Å². The van der Waals surface area contributed by atoms with Crippen molar-refractivity contribution >= 4 is 33.4 Å². The summed E-state index contributed by atoms with van der Waals surface area (Å²) in [5.41, 5.74) is -28.3. The van der Waals surface area contributed by atoms with Gasteiger partial charge in [0.1, 0.15) is 53.6 Å². The Labute approximate surface area is 315 Å². The van der Waals surface area contributed by atoms with Crippen LogP contribution in [0.2, 0.25) is 0 Å². The smallest absolute Gasteiger partial charge is 0.192 e. The highest BCUT2D eigenvalue weighted by Gasteiger charge is 2.51. The van der Waals surface area contributed by atoms with E-state index in [9.17, 15) is 81.6 Å². The number of allylic oxidation sites excluding steroid dienone is 8. The number of benzene rings is 3. The quantitative estimate of drug-likeness (QED) is 0.181. The van der Waals surface area contributed by atoms with Crippen LogP contribution in [0.5, 0.6) is 0 Å². The Kier molecular flexibility index (Phi) is 9.71. The van der Waals surface area contributed by atoms with E-state index in [0.29, 0.717) is 12.1 Å². The van der Waals surface area contributed by atoms with E-state index < -0.39 is 136 Å². The lowest BCUT2D eigenvalue weighted by molar-refractivity contribution is -0.143. The first-order valence-corrected chi connectivity index (χ1v) is 15.0. The van der Waals surface area contributed by atoms with Crippen LogP contribution in [0.15, 0.2) is 47.5 Å². The molecule has 0 saturated carbocycles. The zero-order valence-corrected chi connectivity index (χ0v) is 27.6. The SMILES string of the molecule is N#CC(C#N)=C1C(c2cc(C#N)cc(C(F)(F)F)c2)=C(C#N)c2c(C#N)c3c(c(C(F)(F)F)c21)C(=C(C#N)C#N)C(c1cc(C(F)(F)F)cc(C(F)(F)F)c1)=C3C#N. The van der Waals surface area contributed by atoms with Gasteiger partial charge in [-0.15, -0.1) is 0 Å². The van der Waals surface area contributed by atoms with E-state index in [1.165, 1.54) is 36.4 Å². The van der Waals surface area contributed by atoms with Crippen LogP contribution in [0, 0.1) is 90.6 Å². The molecule has 2 aliphatic rings. The fraction of sp³-hybridized carbons (Fsp3) is 0.105. The maximum absolute atomic E-state index is 15.8. The Balaban J connectivity index is 2.19. The molecule has 58 heavy (non-hydrogen) atoms. The summed E-state index contributed by atoms with van der Waals surface area (Å²) in [7, 11) is 0. The largest absolute Gasteiger partial charge is 0.417 e. The highest BCUT2D eigenvalue weighted by atomic mass is 19.4. The molecule has 0 spiro atoms. The summed E-state index contributed by atoms with van der Waals surface area (Å²) in [5, 5.41) is 80.7. The number of fused-ring (bicyclic) bond motifs is 2. The Hall–Kier alpha value is -8.30. The van der Waals surface area contributed by atoms with Crippen LogP contribution in [0.4, 0.5) is 52.7 Å². The molecule has 0 aliphatic heterocycles. The molecule has 5 rings (SSSR count). The van der Waals surface area contributed by atoms with Crippen LogP contribution in [-0.2, 0) is 24.7 Å². The van der Waals surface area contributed by atoms with Crippen LogP contribution in [0.3, 0.4) is 0 Å². The predicted octanol–water partition coefficient (Wildman–Crippen LogP) is 10.0. The van der Waals surface area contributed by atoms with Gasteiger partial charge in [-0.05, 0) is 47.5 Å². The Morgan fingerprint density at radius 3 is 1.05 bits per heavy atom. The lowest BCUT2D eigenvalue weighted by atomic mass is 9.81. The van der Waals surface area contributed by atoms with E-state index in [1.54, 1.807) is 0 Å². The molecular formula is C38H6F12N8. The van der Waals surface area contributed by atoms with Crippen LogP contribution >= 0.6 is 0 Å². The monoisotopic (exact) mass is 802 g/mol. The summed E-state index contributed by atoms with van der Waals surface area (Å²) in [5.74, 6) is 0. The van der Waals surface area contributed by atoms with Gasteiger partial charge in [0.2, 0.25) is 0 Å². The van der Waals surface area contributed by atoms with E-state index in [-0.39, 0.29) is 24.3 Å². The van der Waals surface area contributed by atoms with Crippen molar-refractivity contribution in [3.05, 3.63) is 114 Å². The van der Waals surface area contributed by atoms with Crippen molar-refractivity contribution in [2.75, 3.05) is 0 Å². The summed E-state index contributed by atoms with van der Waals surface area (Å²) in [6.45, 7) is 0. The minimum absolute atomic E-state index is 0.0406. The lowest BCUT2D eigenvalue weighted by Gasteiger charge is -2.22. The minimum atomic E-state index is -5.95. The highest BCUT2D eigenvalue weighted by molar-refractivity contribution is 6.32. The Bertz CT molecular complexity index is 2850. The number of hydrogen-bond acceptors (Lipinski definition) is 8. The number of nitriles is 8. The summed E-state index contributed by atoms with van der Waals surface area (Å²) in [4.78, 5) is 0. The number of hydrogen-bond donors (Lipinski definition) is 0. The van der Waals surface area contributed by atoms with Gasteiger partial charge in [0.05, 0.1) is 50.6 Å². The van der Waals surface area contributed by atoms with Gasteiger partial charge in [0.25, 0.3) is 0 Å². The minimum Gasteiger partial charge on any atom is -0.192 e. The van der Waals surface area contributed by atoms with Crippen molar-refractivity contribution in [3.8, 4) is 48.6 Å². The molecule has 3 aromatic carbocycles. The third-order valence-electron chi connectivity index (χ3n) is 8.62. The molecule has 0 unspecified atom stereocenters. The molecule has 2 aliphatic carbocycles. The number of halogens is 12. The standard InChI is InChI=1S/C38H6F12N8/c39-35(40,41)20-2-15(7-51)1-16(3-20)26-23(12-56)30-25(14-58)31-24(13-57)27(17-4-21(36(42,43)44)6-22(5-17)37(45,46)47)29(19(10-54)11-55)33(31)34(38(48,49)50)32(30)28(26)18(8-52)9-53/h1-6H. The Morgan fingerprint density at radius 1 is 0.397 bits per heavy atom. The van der Waals surface area contributed by atoms with Crippen molar-refractivity contribution < 1.29 is 52.7 Å². The summed E-state index contributed by atoms with van der Waals surface area (Å²) < 4.78 is 173. The Morgan fingerprint density at radius 2 is 0.759 bits per heavy atom. The molecule has 0 fully saturated rings. The molecule has 0 amide bonds. The molecule has 20 heteroatoms. The average molecular weight is 802 g/mol. The molecule has 3 aromatic rings. The summed E-state index contributed by atoms with van der Waals surface area (Å²) in [6, 6.07) is 11.0. The summed E-state index contributed by atoms with van der Waals surface area (Å²) in [6.07, 6.45) is -22.4. The molecule has 282 valence electrons.